The molecule has 0 aliphatic rings. The number of rotatable bonds is 3. The van der Waals surface area contributed by atoms with E-state index in [-0.39, 0.29) is 22.7 Å². The molecule has 2 N–H and O–H groups in total. The average molecular weight is 394 g/mol. The van der Waals surface area contributed by atoms with Crippen molar-refractivity contribution in [1.29, 1.82) is 0 Å². The number of carbonyl (C=O) groups is 2. The zero-order chi connectivity index (χ0) is 21.6. The second-order valence-electron chi connectivity index (χ2n) is 6.06. The van der Waals surface area contributed by atoms with Gasteiger partial charge in [0, 0.05) is 39.9 Å². The van der Waals surface area contributed by atoms with Crippen LogP contribution in [0.15, 0.2) is 36.4 Å². The summed E-state index contributed by atoms with van der Waals surface area (Å²) in [6.45, 7) is 0. The number of anilines is 1. The topological polar surface area (TPSA) is 110 Å². The van der Waals surface area contributed by atoms with Gasteiger partial charge in [0.2, 0.25) is 0 Å². The first-order valence-corrected chi connectivity index (χ1v) is 7.88. The fourth-order valence-corrected chi connectivity index (χ4v) is 1.98. The van der Waals surface area contributed by atoms with Crippen molar-refractivity contribution in [1.82, 2.24) is 9.80 Å². The highest BCUT2D eigenvalue weighted by Gasteiger charge is 2.17. The first-order valence-electron chi connectivity index (χ1n) is 7.88. The minimum Gasteiger partial charge on any atom is -0.399 e. The lowest BCUT2D eigenvalue weighted by atomic mass is 10.1. The molecule has 0 bridgehead atoms. The zero-order valence-corrected chi connectivity index (χ0v) is 15.8. The summed E-state index contributed by atoms with van der Waals surface area (Å²) in [5.74, 6) is -2.36. The molecular formula is C18H20F2N4O4. The molecule has 0 saturated heterocycles. The van der Waals surface area contributed by atoms with Crippen LogP contribution in [-0.4, -0.2) is 54.7 Å². The van der Waals surface area contributed by atoms with E-state index in [1.165, 1.54) is 36.0 Å². The number of amides is 2. The smallest absolute Gasteiger partial charge is 0.272 e. The fourth-order valence-electron chi connectivity index (χ4n) is 1.98. The van der Waals surface area contributed by atoms with Crippen molar-refractivity contribution in [2.24, 2.45) is 0 Å². The summed E-state index contributed by atoms with van der Waals surface area (Å²) < 4.78 is 26.4. The number of non-ortho nitro benzene ring substituents is 1. The van der Waals surface area contributed by atoms with Crippen molar-refractivity contribution in [3.63, 3.8) is 0 Å². The predicted molar refractivity (Wildman–Crippen MR) is 99.9 cm³/mol. The van der Waals surface area contributed by atoms with Crippen LogP contribution in [0.3, 0.4) is 0 Å². The van der Waals surface area contributed by atoms with E-state index in [2.05, 4.69) is 0 Å². The van der Waals surface area contributed by atoms with Crippen molar-refractivity contribution in [2.75, 3.05) is 33.9 Å². The Morgan fingerprint density at radius 3 is 1.68 bits per heavy atom. The van der Waals surface area contributed by atoms with Crippen molar-refractivity contribution in [2.45, 2.75) is 0 Å². The zero-order valence-electron chi connectivity index (χ0n) is 15.8. The van der Waals surface area contributed by atoms with E-state index >= 15 is 0 Å². The van der Waals surface area contributed by atoms with Crippen LogP contribution in [-0.2, 0) is 0 Å². The maximum absolute atomic E-state index is 13.3. The quantitative estimate of drug-likeness (QED) is 0.489. The van der Waals surface area contributed by atoms with Crippen molar-refractivity contribution < 1.29 is 23.3 Å². The molecule has 8 nitrogen and oxygen atoms in total. The van der Waals surface area contributed by atoms with E-state index in [0.717, 1.165) is 24.3 Å². The van der Waals surface area contributed by atoms with Crippen LogP contribution in [0.25, 0.3) is 0 Å². The largest absolute Gasteiger partial charge is 0.399 e. The Hall–Kier alpha value is -3.56. The van der Waals surface area contributed by atoms with E-state index in [4.69, 9.17) is 5.73 Å². The number of nitrogen functional groups attached to an aromatic ring is 1. The van der Waals surface area contributed by atoms with E-state index in [9.17, 15) is 28.5 Å². The van der Waals surface area contributed by atoms with Gasteiger partial charge in [-0.2, -0.15) is 0 Å². The van der Waals surface area contributed by atoms with E-state index in [1.807, 2.05) is 0 Å². The van der Waals surface area contributed by atoms with Crippen molar-refractivity contribution >= 4 is 23.2 Å². The molecule has 0 aliphatic carbocycles. The number of nitrogens with zero attached hydrogens (tertiary/aromatic N) is 3. The van der Waals surface area contributed by atoms with Gasteiger partial charge >= 0.3 is 0 Å². The Morgan fingerprint density at radius 1 is 0.893 bits per heavy atom. The molecule has 2 aromatic carbocycles. The average Bonchev–Trinajstić information content (AvgIpc) is 2.60. The second kappa shape index (κ2) is 9.40. The molecule has 10 heteroatoms. The summed E-state index contributed by atoms with van der Waals surface area (Å²) in [6.07, 6.45) is 0. The van der Waals surface area contributed by atoms with Gasteiger partial charge in [-0.05, 0) is 24.3 Å². The highest BCUT2D eigenvalue weighted by Crippen LogP contribution is 2.17. The first kappa shape index (κ1) is 22.5. The molecular weight excluding hydrogens is 374 g/mol. The summed E-state index contributed by atoms with van der Waals surface area (Å²) >= 11 is 0. The molecule has 0 aromatic heterocycles. The Morgan fingerprint density at radius 2 is 1.32 bits per heavy atom. The highest BCUT2D eigenvalue weighted by atomic mass is 19.1. The Labute approximate surface area is 160 Å². The van der Waals surface area contributed by atoms with Crippen LogP contribution < -0.4 is 5.73 Å². The standard InChI is InChI=1S/C9H9FN2O3.C9H11FN2O/c1-11(2)9(13)7-4-3-6(12(14)15)5-8(7)10;1-12(2)9(13)7-4-3-6(11)5-8(7)10/h3-5H,1-2H3;3-5H,11H2,1-2H3. The molecule has 0 fully saturated rings. The van der Waals surface area contributed by atoms with Crippen molar-refractivity contribution in [3.8, 4) is 0 Å². The maximum Gasteiger partial charge on any atom is 0.272 e. The normalized spacial score (nSPS) is 9.79. The minimum absolute atomic E-state index is 0.0409. The van der Waals surface area contributed by atoms with E-state index in [0.29, 0.717) is 5.69 Å². The first-order chi connectivity index (χ1) is 13.0. The van der Waals surface area contributed by atoms with Gasteiger partial charge in [0.1, 0.15) is 11.6 Å². The molecule has 0 spiro atoms. The summed E-state index contributed by atoms with van der Waals surface area (Å²) in [5.41, 5.74) is 5.14. The Bertz CT molecular complexity index is 901. The summed E-state index contributed by atoms with van der Waals surface area (Å²) in [5, 5.41) is 10.3. The SMILES string of the molecule is CN(C)C(=O)c1ccc(N)cc1F.CN(C)C(=O)c1ccc([N+](=O)[O-])cc1F. The molecule has 2 aromatic rings. The third-order valence-corrected chi connectivity index (χ3v) is 3.43. The number of nitro benzene ring substituents is 1. The lowest BCUT2D eigenvalue weighted by Crippen LogP contribution is -2.22. The minimum atomic E-state index is -0.886. The van der Waals surface area contributed by atoms with Crippen LogP contribution >= 0.6 is 0 Å². The number of benzene rings is 2. The molecule has 0 unspecified atom stereocenters. The number of carbonyl (C=O) groups excluding carboxylic acids is 2. The van der Waals surface area contributed by atoms with Gasteiger partial charge < -0.3 is 15.5 Å². The molecule has 0 saturated carbocycles. The van der Waals surface area contributed by atoms with E-state index in [1.54, 1.807) is 14.1 Å². The third kappa shape index (κ3) is 5.73. The lowest BCUT2D eigenvalue weighted by molar-refractivity contribution is -0.385. The van der Waals surface area contributed by atoms with Gasteiger partial charge in [-0.3, -0.25) is 19.7 Å². The van der Waals surface area contributed by atoms with Crippen LogP contribution in [0.1, 0.15) is 20.7 Å². The Kier molecular flexibility index (Phi) is 7.55. The van der Waals surface area contributed by atoms with Crippen LogP contribution in [0.2, 0.25) is 0 Å². The fraction of sp³-hybridized carbons (Fsp3) is 0.222. The van der Waals surface area contributed by atoms with Gasteiger partial charge in [0.25, 0.3) is 17.5 Å². The Balaban J connectivity index is 0.000000283. The van der Waals surface area contributed by atoms with Gasteiger partial charge in [0.15, 0.2) is 0 Å². The second-order valence-corrected chi connectivity index (χ2v) is 6.06. The van der Waals surface area contributed by atoms with Crippen LogP contribution in [0.4, 0.5) is 20.2 Å². The monoisotopic (exact) mass is 394 g/mol. The molecule has 28 heavy (non-hydrogen) atoms. The molecule has 150 valence electrons. The molecule has 0 radical (unpaired) electrons. The van der Waals surface area contributed by atoms with Gasteiger partial charge in [-0.25, -0.2) is 8.78 Å². The van der Waals surface area contributed by atoms with E-state index < -0.39 is 22.5 Å². The summed E-state index contributed by atoms with van der Waals surface area (Å²) in [4.78, 5) is 34.8. The van der Waals surface area contributed by atoms with Gasteiger partial charge in [-0.1, -0.05) is 0 Å². The maximum atomic E-state index is 13.3. The summed E-state index contributed by atoms with van der Waals surface area (Å²) in [7, 11) is 6.09. The highest BCUT2D eigenvalue weighted by molar-refractivity contribution is 5.94. The molecule has 0 aliphatic heterocycles. The molecule has 0 heterocycles. The van der Waals surface area contributed by atoms with Crippen LogP contribution in [0, 0.1) is 21.7 Å². The van der Waals surface area contributed by atoms with Gasteiger partial charge in [0.05, 0.1) is 22.1 Å². The molecule has 2 amide bonds. The number of nitrogens with two attached hydrogens (primary N) is 1. The number of nitro groups is 1. The number of halogens is 2. The third-order valence-electron chi connectivity index (χ3n) is 3.43. The number of hydrogen-bond donors (Lipinski definition) is 1. The predicted octanol–water partition coefficient (Wildman–Crippen LogP) is 2.55. The van der Waals surface area contributed by atoms with Crippen LogP contribution in [0.5, 0.6) is 0 Å². The van der Waals surface area contributed by atoms with Gasteiger partial charge in [-0.15, -0.1) is 0 Å². The lowest BCUT2D eigenvalue weighted by Gasteiger charge is -2.10. The number of hydrogen-bond acceptors (Lipinski definition) is 5. The van der Waals surface area contributed by atoms with Crippen molar-refractivity contribution in [3.05, 3.63) is 69.3 Å². The molecule has 2 rings (SSSR count). The molecule has 0 atom stereocenters. The summed E-state index contributed by atoms with van der Waals surface area (Å²) in [6, 6.07) is 6.95.